The van der Waals surface area contributed by atoms with Crippen molar-refractivity contribution in [1.82, 2.24) is 5.32 Å². The van der Waals surface area contributed by atoms with Gasteiger partial charge >= 0.3 is 12.0 Å². The van der Waals surface area contributed by atoms with Crippen LogP contribution in [-0.2, 0) is 9.53 Å². The molecule has 3 amide bonds. The number of nitrogens with one attached hydrogen (secondary N) is 2. The first kappa shape index (κ1) is 17.9. The Labute approximate surface area is 142 Å². The first-order valence-corrected chi connectivity index (χ1v) is 7.19. The monoisotopic (exact) mass is 346 g/mol. The van der Waals surface area contributed by atoms with Crippen molar-refractivity contribution in [2.75, 3.05) is 11.9 Å². The van der Waals surface area contributed by atoms with Gasteiger partial charge in [-0.2, -0.15) is 0 Å². The maximum absolute atomic E-state index is 13.4. The standard InChI is InChI=1S/C17H15FN2O5/c1-10-6-7-11(14(21)8-10)16(23)25-9-15(22)20-17(24)19-13-5-3-2-4-12(13)18/h2-8,21H,9H2,1H3,(H2,19,20,22,24). The number of para-hydroxylation sites is 1. The number of esters is 1. The van der Waals surface area contributed by atoms with E-state index in [0.717, 1.165) is 11.6 Å². The summed E-state index contributed by atoms with van der Waals surface area (Å²) in [6.07, 6.45) is 0. The molecule has 0 aliphatic heterocycles. The highest BCUT2D eigenvalue weighted by molar-refractivity contribution is 6.02. The van der Waals surface area contributed by atoms with Crippen LogP contribution in [0.1, 0.15) is 15.9 Å². The highest BCUT2D eigenvalue weighted by atomic mass is 19.1. The van der Waals surface area contributed by atoms with E-state index in [1.165, 1.54) is 30.3 Å². The summed E-state index contributed by atoms with van der Waals surface area (Å²) < 4.78 is 18.1. The van der Waals surface area contributed by atoms with Gasteiger partial charge in [0.05, 0.1) is 5.69 Å². The fourth-order valence-corrected chi connectivity index (χ4v) is 1.90. The van der Waals surface area contributed by atoms with Crippen LogP contribution in [0.5, 0.6) is 5.75 Å². The molecule has 130 valence electrons. The van der Waals surface area contributed by atoms with E-state index in [2.05, 4.69) is 5.32 Å². The maximum Gasteiger partial charge on any atom is 0.342 e. The minimum absolute atomic E-state index is 0.102. The normalized spacial score (nSPS) is 10.0. The van der Waals surface area contributed by atoms with E-state index in [1.807, 2.05) is 5.32 Å². The Hall–Kier alpha value is -3.42. The van der Waals surface area contributed by atoms with Gasteiger partial charge < -0.3 is 15.2 Å². The zero-order valence-corrected chi connectivity index (χ0v) is 13.2. The molecule has 0 unspecified atom stereocenters. The van der Waals surface area contributed by atoms with E-state index < -0.39 is 30.3 Å². The summed E-state index contributed by atoms with van der Waals surface area (Å²) in [5.41, 5.74) is 0.542. The zero-order chi connectivity index (χ0) is 18.4. The largest absolute Gasteiger partial charge is 0.507 e. The smallest absolute Gasteiger partial charge is 0.342 e. The van der Waals surface area contributed by atoms with Crippen LogP contribution in [0.2, 0.25) is 0 Å². The van der Waals surface area contributed by atoms with Gasteiger partial charge in [-0.1, -0.05) is 18.2 Å². The van der Waals surface area contributed by atoms with E-state index in [9.17, 15) is 23.9 Å². The SMILES string of the molecule is Cc1ccc(C(=O)OCC(=O)NC(=O)Nc2ccccc2F)c(O)c1. The quantitative estimate of drug-likeness (QED) is 0.737. The number of phenols is 1. The topological polar surface area (TPSA) is 105 Å². The van der Waals surface area contributed by atoms with Gasteiger partial charge in [-0.15, -0.1) is 0 Å². The molecule has 3 N–H and O–H groups in total. The van der Waals surface area contributed by atoms with Crippen molar-refractivity contribution in [2.45, 2.75) is 6.92 Å². The van der Waals surface area contributed by atoms with Crippen LogP contribution in [0, 0.1) is 12.7 Å². The molecule has 0 heterocycles. The lowest BCUT2D eigenvalue weighted by molar-refractivity contribution is -0.123. The highest BCUT2D eigenvalue weighted by Crippen LogP contribution is 2.19. The molecule has 2 aromatic rings. The molecule has 25 heavy (non-hydrogen) atoms. The average Bonchev–Trinajstić information content (AvgIpc) is 2.54. The van der Waals surface area contributed by atoms with Gasteiger partial charge in [0.15, 0.2) is 6.61 Å². The minimum atomic E-state index is -0.968. The van der Waals surface area contributed by atoms with Crippen LogP contribution in [0.15, 0.2) is 42.5 Å². The molecule has 0 aromatic heterocycles. The number of rotatable bonds is 4. The molecule has 0 spiro atoms. The lowest BCUT2D eigenvalue weighted by Gasteiger charge is -2.09. The molecule has 0 saturated heterocycles. The lowest BCUT2D eigenvalue weighted by Crippen LogP contribution is -2.37. The third-order valence-electron chi connectivity index (χ3n) is 3.08. The number of carbonyl (C=O) groups excluding carboxylic acids is 3. The third-order valence-corrected chi connectivity index (χ3v) is 3.08. The number of ether oxygens (including phenoxy) is 1. The number of benzene rings is 2. The van der Waals surface area contributed by atoms with Gasteiger partial charge in [0, 0.05) is 0 Å². The van der Waals surface area contributed by atoms with Gasteiger partial charge in [-0.3, -0.25) is 10.1 Å². The first-order valence-electron chi connectivity index (χ1n) is 7.19. The molecule has 0 fully saturated rings. The molecule has 8 heteroatoms. The number of aromatic hydroxyl groups is 1. The summed E-state index contributed by atoms with van der Waals surface area (Å²) in [5, 5.41) is 13.7. The number of carbonyl (C=O) groups is 3. The predicted molar refractivity (Wildman–Crippen MR) is 86.7 cm³/mol. The summed E-state index contributed by atoms with van der Waals surface area (Å²) in [4.78, 5) is 35.0. The fourth-order valence-electron chi connectivity index (χ4n) is 1.90. The molecule has 0 bridgehead atoms. The number of aryl methyl sites for hydroxylation is 1. The van der Waals surface area contributed by atoms with Crippen molar-refractivity contribution in [3.63, 3.8) is 0 Å². The number of urea groups is 1. The Morgan fingerprint density at radius 3 is 2.56 bits per heavy atom. The van der Waals surface area contributed by atoms with E-state index in [1.54, 1.807) is 13.0 Å². The summed E-state index contributed by atoms with van der Waals surface area (Å²) >= 11 is 0. The summed E-state index contributed by atoms with van der Waals surface area (Å²) in [5.74, 6) is -2.76. The number of hydrogen-bond acceptors (Lipinski definition) is 5. The van der Waals surface area contributed by atoms with Crippen LogP contribution in [-0.4, -0.2) is 29.6 Å². The van der Waals surface area contributed by atoms with Crippen molar-refractivity contribution in [1.29, 1.82) is 0 Å². The number of amides is 3. The van der Waals surface area contributed by atoms with Crippen molar-refractivity contribution >= 4 is 23.6 Å². The van der Waals surface area contributed by atoms with Crippen molar-refractivity contribution in [3.05, 3.63) is 59.4 Å². The van der Waals surface area contributed by atoms with Crippen molar-refractivity contribution in [3.8, 4) is 5.75 Å². The Balaban J connectivity index is 1.85. The molecule has 7 nitrogen and oxygen atoms in total. The van der Waals surface area contributed by atoms with Gasteiger partial charge in [0.1, 0.15) is 17.1 Å². The molecule has 0 radical (unpaired) electrons. The van der Waals surface area contributed by atoms with Crippen LogP contribution < -0.4 is 10.6 Å². The van der Waals surface area contributed by atoms with Crippen LogP contribution in [0.3, 0.4) is 0 Å². The maximum atomic E-state index is 13.4. The second-order valence-electron chi connectivity index (χ2n) is 5.08. The molecule has 0 aliphatic rings. The molecular weight excluding hydrogens is 331 g/mol. The van der Waals surface area contributed by atoms with Gasteiger partial charge in [-0.25, -0.2) is 14.0 Å². The summed E-state index contributed by atoms with van der Waals surface area (Å²) in [7, 11) is 0. The molecule has 2 rings (SSSR count). The number of phenolic OH excluding ortho intramolecular Hbond substituents is 1. The Morgan fingerprint density at radius 2 is 1.88 bits per heavy atom. The predicted octanol–water partition coefficient (Wildman–Crippen LogP) is 2.34. The van der Waals surface area contributed by atoms with E-state index >= 15 is 0 Å². The second kappa shape index (κ2) is 7.91. The molecule has 0 saturated carbocycles. The van der Waals surface area contributed by atoms with Crippen molar-refractivity contribution in [2.24, 2.45) is 0 Å². The van der Waals surface area contributed by atoms with Gasteiger partial charge in [-0.05, 0) is 36.8 Å². The number of hydrogen-bond donors (Lipinski definition) is 3. The van der Waals surface area contributed by atoms with Crippen molar-refractivity contribution < 1.29 is 28.6 Å². The Bertz CT molecular complexity index is 822. The molecule has 0 aliphatic carbocycles. The zero-order valence-electron chi connectivity index (χ0n) is 13.2. The third kappa shape index (κ3) is 5.03. The fraction of sp³-hybridized carbons (Fsp3) is 0.118. The Kier molecular flexibility index (Phi) is 5.67. The summed E-state index contributed by atoms with van der Waals surface area (Å²) in [6.45, 7) is 0.993. The number of imide groups is 1. The average molecular weight is 346 g/mol. The highest BCUT2D eigenvalue weighted by Gasteiger charge is 2.16. The van der Waals surface area contributed by atoms with Gasteiger partial charge in [0.25, 0.3) is 5.91 Å². The second-order valence-corrected chi connectivity index (χ2v) is 5.08. The van der Waals surface area contributed by atoms with Crippen LogP contribution in [0.4, 0.5) is 14.9 Å². The Morgan fingerprint density at radius 1 is 1.16 bits per heavy atom. The molecule has 2 aromatic carbocycles. The molecular formula is C17H15FN2O5. The van der Waals surface area contributed by atoms with Crippen LogP contribution >= 0.6 is 0 Å². The number of halogens is 1. The van der Waals surface area contributed by atoms with E-state index in [4.69, 9.17) is 4.74 Å². The number of anilines is 1. The van der Waals surface area contributed by atoms with Crippen LogP contribution in [0.25, 0.3) is 0 Å². The first-order chi connectivity index (χ1) is 11.9. The summed E-state index contributed by atoms with van der Waals surface area (Å²) in [6, 6.07) is 8.78. The van der Waals surface area contributed by atoms with Gasteiger partial charge in [0.2, 0.25) is 0 Å². The van der Waals surface area contributed by atoms with E-state index in [0.29, 0.717) is 0 Å². The lowest BCUT2D eigenvalue weighted by atomic mass is 10.1. The molecule has 0 atom stereocenters. The minimum Gasteiger partial charge on any atom is -0.507 e. The van der Waals surface area contributed by atoms with E-state index in [-0.39, 0.29) is 17.0 Å².